The normalized spacial score (nSPS) is 19.2. The second kappa shape index (κ2) is 6.40. The van der Waals surface area contributed by atoms with E-state index in [0.717, 1.165) is 18.4 Å². The van der Waals surface area contributed by atoms with Crippen molar-refractivity contribution in [2.45, 2.75) is 44.6 Å². The number of benzene rings is 1. The molecular weight excluding hydrogens is 256 g/mol. The van der Waals surface area contributed by atoms with E-state index < -0.39 is 5.60 Å². The summed E-state index contributed by atoms with van der Waals surface area (Å²) in [5.41, 5.74) is 1.34. The minimum atomic E-state index is -0.900. The van der Waals surface area contributed by atoms with Gasteiger partial charge in [0, 0.05) is 5.02 Å². The average Bonchev–Trinajstić information content (AvgIpc) is 2.46. The minimum Gasteiger partial charge on any atom is -0.381 e. The molecule has 1 aromatic carbocycles. The fraction of sp³-hybridized carbons (Fsp3) is 0.412. The summed E-state index contributed by atoms with van der Waals surface area (Å²) >= 11 is 5.89. The van der Waals surface area contributed by atoms with Crippen LogP contribution in [0, 0.1) is 0 Å². The van der Waals surface area contributed by atoms with Crippen LogP contribution in [0.1, 0.15) is 44.6 Å². The zero-order chi connectivity index (χ0) is 13.7. The highest BCUT2D eigenvalue weighted by molar-refractivity contribution is 6.30. The molecule has 2 rings (SSSR count). The molecule has 1 aromatic rings. The third-order valence-electron chi connectivity index (χ3n) is 3.78. The van der Waals surface area contributed by atoms with Crippen LogP contribution in [-0.4, -0.2) is 5.11 Å². The molecule has 0 bridgehead atoms. The lowest BCUT2D eigenvalue weighted by Gasteiger charge is -2.24. The maximum atomic E-state index is 10.8. The lowest BCUT2D eigenvalue weighted by atomic mass is 9.89. The van der Waals surface area contributed by atoms with Crippen molar-refractivity contribution in [1.82, 2.24) is 0 Å². The van der Waals surface area contributed by atoms with Gasteiger partial charge in [0.2, 0.25) is 0 Å². The number of rotatable bonds is 4. The van der Waals surface area contributed by atoms with Crippen LogP contribution in [0.15, 0.2) is 48.1 Å². The number of hydrogen-bond donors (Lipinski definition) is 1. The maximum absolute atomic E-state index is 10.8. The summed E-state index contributed by atoms with van der Waals surface area (Å²) in [5.74, 6) is 0. The summed E-state index contributed by atoms with van der Waals surface area (Å²) < 4.78 is 0. The van der Waals surface area contributed by atoms with Crippen molar-refractivity contribution in [1.29, 1.82) is 0 Å². The summed E-state index contributed by atoms with van der Waals surface area (Å²) in [6.07, 6.45) is 11.7. The highest BCUT2D eigenvalue weighted by Gasteiger charge is 2.23. The molecule has 2 heteroatoms. The van der Waals surface area contributed by atoms with Crippen LogP contribution in [0.5, 0.6) is 0 Å². The summed E-state index contributed by atoms with van der Waals surface area (Å²) in [7, 11) is 0. The van der Waals surface area contributed by atoms with Gasteiger partial charge in [-0.25, -0.2) is 0 Å². The Morgan fingerprint density at radius 3 is 2.58 bits per heavy atom. The first-order valence-corrected chi connectivity index (χ1v) is 7.38. The first kappa shape index (κ1) is 14.4. The molecule has 19 heavy (non-hydrogen) atoms. The monoisotopic (exact) mass is 276 g/mol. The highest BCUT2D eigenvalue weighted by atomic mass is 35.5. The van der Waals surface area contributed by atoms with Gasteiger partial charge >= 0.3 is 0 Å². The molecule has 0 aromatic heterocycles. The predicted octanol–water partition coefficient (Wildman–Crippen LogP) is 4.99. The zero-order valence-corrected chi connectivity index (χ0v) is 12.2. The fourth-order valence-corrected chi connectivity index (χ4v) is 2.54. The topological polar surface area (TPSA) is 20.2 Å². The molecule has 0 spiro atoms. The molecule has 1 nitrogen and oxygen atoms in total. The molecule has 0 saturated carbocycles. The van der Waals surface area contributed by atoms with Gasteiger partial charge in [0.25, 0.3) is 0 Å². The third kappa shape index (κ3) is 3.71. The number of hydrogen-bond acceptors (Lipinski definition) is 1. The van der Waals surface area contributed by atoms with Gasteiger partial charge in [-0.15, -0.1) is 0 Å². The summed E-state index contributed by atoms with van der Waals surface area (Å²) in [6, 6.07) is 7.44. The van der Waals surface area contributed by atoms with Crippen molar-refractivity contribution in [2.24, 2.45) is 0 Å². The predicted molar refractivity (Wildman–Crippen MR) is 81.3 cm³/mol. The van der Waals surface area contributed by atoms with E-state index >= 15 is 0 Å². The molecule has 102 valence electrons. The second-order valence-electron chi connectivity index (χ2n) is 5.14. The summed E-state index contributed by atoms with van der Waals surface area (Å²) in [5, 5.41) is 11.5. The van der Waals surface area contributed by atoms with Crippen molar-refractivity contribution in [3.05, 3.63) is 58.7 Å². The lowest BCUT2D eigenvalue weighted by Crippen LogP contribution is -2.21. The molecule has 1 N–H and O–H groups in total. The van der Waals surface area contributed by atoms with Crippen LogP contribution in [-0.2, 0) is 5.60 Å². The van der Waals surface area contributed by atoms with Crippen molar-refractivity contribution >= 4 is 11.6 Å². The van der Waals surface area contributed by atoms with Gasteiger partial charge in [-0.2, -0.15) is 0 Å². The van der Waals surface area contributed by atoms with Gasteiger partial charge in [-0.05, 0) is 55.9 Å². The van der Waals surface area contributed by atoms with Crippen molar-refractivity contribution < 1.29 is 5.11 Å². The molecule has 0 heterocycles. The van der Waals surface area contributed by atoms with Crippen LogP contribution in [0.2, 0.25) is 5.02 Å². The quantitative estimate of drug-likeness (QED) is 0.821. The van der Waals surface area contributed by atoms with E-state index in [2.05, 4.69) is 12.2 Å². The van der Waals surface area contributed by atoms with Gasteiger partial charge in [-0.3, -0.25) is 0 Å². The Kier molecular flexibility index (Phi) is 4.84. The van der Waals surface area contributed by atoms with E-state index in [4.69, 9.17) is 11.6 Å². The summed E-state index contributed by atoms with van der Waals surface area (Å²) in [6.45, 7) is 1.99. The van der Waals surface area contributed by atoms with Gasteiger partial charge in [0.1, 0.15) is 5.60 Å². The molecule has 1 unspecified atom stereocenters. The van der Waals surface area contributed by atoms with Crippen molar-refractivity contribution in [3.8, 4) is 0 Å². The number of aliphatic hydroxyl groups is 1. The average molecular weight is 277 g/mol. The van der Waals surface area contributed by atoms with E-state index in [9.17, 15) is 5.11 Å². The molecular formula is C17H21ClO. The van der Waals surface area contributed by atoms with Gasteiger partial charge in [0.05, 0.1) is 0 Å². The van der Waals surface area contributed by atoms with Gasteiger partial charge in [0.15, 0.2) is 0 Å². The number of halogens is 1. The maximum Gasteiger partial charge on any atom is 0.108 e. The Labute approximate surface area is 120 Å². The van der Waals surface area contributed by atoms with Crippen LogP contribution < -0.4 is 0 Å². The largest absolute Gasteiger partial charge is 0.381 e. The van der Waals surface area contributed by atoms with Gasteiger partial charge in [-0.1, -0.05) is 48.4 Å². The van der Waals surface area contributed by atoms with Crippen LogP contribution in [0.25, 0.3) is 0 Å². The highest BCUT2D eigenvalue weighted by Crippen LogP contribution is 2.29. The van der Waals surface area contributed by atoms with Crippen molar-refractivity contribution in [2.75, 3.05) is 0 Å². The first-order valence-electron chi connectivity index (χ1n) is 7.01. The third-order valence-corrected chi connectivity index (χ3v) is 4.03. The van der Waals surface area contributed by atoms with Gasteiger partial charge < -0.3 is 5.11 Å². The van der Waals surface area contributed by atoms with E-state index in [0.29, 0.717) is 11.4 Å². The zero-order valence-electron chi connectivity index (χ0n) is 11.4. The van der Waals surface area contributed by atoms with E-state index in [1.54, 1.807) is 0 Å². The minimum absolute atomic E-state index is 0.651. The Hall–Kier alpha value is -1.05. The Morgan fingerprint density at radius 2 is 2.00 bits per heavy atom. The Morgan fingerprint density at radius 1 is 1.26 bits per heavy atom. The molecule has 1 aliphatic rings. The molecule has 1 aliphatic carbocycles. The summed E-state index contributed by atoms with van der Waals surface area (Å²) in [4.78, 5) is 0. The fourth-order valence-electron chi connectivity index (χ4n) is 2.42. The molecule has 0 saturated heterocycles. The van der Waals surface area contributed by atoms with Crippen LogP contribution >= 0.6 is 11.6 Å². The molecule has 0 aliphatic heterocycles. The Bertz CT molecular complexity index is 473. The van der Waals surface area contributed by atoms with Crippen LogP contribution in [0.4, 0.5) is 0 Å². The van der Waals surface area contributed by atoms with Crippen molar-refractivity contribution in [3.63, 3.8) is 0 Å². The van der Waals surface area contributed by atoms with E-state index in [1.165, 1.54) is 18.4 Å². The molecule has 1 atom stereocenters. The molecule has 0 amide bonds. The number of allylic oxidation sites excluding steroid dienone is 3. The van der Waals surface area contributed by atoms with E-state index in [-0.39, 0.29) is 0 Å². The SMILES string of the molecule is CCC(O)(/C=C/C1=CCCCC1)c1ccc(Cl)cc1. The second-order valence-corrected chi connectivity index (χ2v) is 5.58. The standard InChI is InChI=1S/C17H21ClO/c1-2-17(19,15-8-10-16(18)11-9-15)13-12-14-6-4-3-5-7-14/h6,8-13,19H,2-5,7H2,1H3/b13-12+. The molecule has 0 fully saturated rings. The van der Waals surface area contributed by atoms with E-state index in [1.807, 2.05) is 37.3 Å². The Balaban J connectivity index is 2.19. The smallest absolute Gasteiger partial charge is 0.108 e. The molecule has 0 radical (unpaired) electrons. The first-order chi connectivity index (χ1) is 9.14. The van der Waals surface area contributed by atoms with Crippen LogP contribution in [0.3, 0.4) is 0 Å². The lowest BCUT2D eigenvalue weighted by molar-refractivity contribution is 0.0851.